The van der Waals surface area contributed by atoms with Crippen LogP contribution in [0.2, 0.25) is 0 Å². The molecule has 0 aliphatic carbocycles. The topological polar surface area (TPSA) is 98.2 Å². The molecule has 32 heavy (non-hydrogen) atoms. The number of hydrogen-bond acceptors (Lipinski definition) is 5. The SMILES string of the molecule is O=C(O)CCCC(=O)N1CCC2C1C(=O)N(c1cccc(F)c1)C(=O)N2Cc1cccs1. The molecule has 2 aliphatic heterocycles. The van der Waals surface area contributed by atoms with Gasteiger partial charge in [0.25, 0.3) is 5.91 Å². The predicted octanol–water partition coefficient (Wildman–Crippen LogP) is 3.08. The minimum atomic E-state index is -0.990. The first-order valence-electron chi connectivity index (χ1n) is 10.3. The van der Waals surface area contributed by atoms with Crippen molar-refractivity contribution in [3.05, 3.63) is 52.5 Å². The van der Waals surface area contributed by atoms with Crippen LogP contribution in [0.15, 0.2) is 41.8 Å². The Hall–Kier alpha value is -3.27. The summed E-state index contributed by atoms with van der Waals surface area (Å²) in [5.41, 5.74) is 0.111. The lowest BCUT2D eigenvalue weighted by Gasteiger charge is -2.43. The number of fused-ring (bicyclic) bond motifs is 1. The van der Waals surface area contributed by atoms with Crippen LogP contribution in [0.1, 0.15) is 30.6 Å². The summed E-state index contributed by atoms with van der Waals surface area (Å²) in [4.78, 5) is 55.3. The number of hydrogen-bond donors (Lipinski definition) is 1. The van der Waals surface area contributed by atoms with Crippen molar-refractivity contribution in [1.82, 2.24) is 9.80 Å². The molecule has 1 aromatic carbocycles. The molecule has 2 saturated heterocycles. The molecule has 4 rings (SSSR count). The second-order valence-corrected chi connectivity index (χ2v) is 8.81. The van der Waals surface area contributed by atoms with Crippen molar-refractivity contribution >= 4 is 40.8 Å². The number of carbonyl (C=O) groups excluding carboxylic acids is 3. The zero-order valence-electron chi connectivity index (χ0n) is 17.1. The molecule has 0 saturated carbocycles. The van der Waals surface area contributed by atoms with Gasteiger partial charge in [-0.2, -0.15) is 0 Å². The number of rotatable bonds is 7. The molecule has 2 aromatic rings. The summed E-state index contributed by atoms with van der Waals surface area (Å²) in [6, 6.07) is 7.07. The highest BCUT2D eigenvalue weighted by molar-refractivity contribution is 7.09. The number of nitrogens with zero attached hydrogens (tertiary/aromatic N) is 3. The van der Waals surface area contributed by atoms with Gasteiger partial charge in [0.2, 0.25) is 5.91 Å². The third-order valence-corrected chi connectivity index (χ3v) is 6.61. The second-order valence-electron chi connectivity index (χ2n) is 7.78. The maximum atomic E-state index is 13.9. The molecule has 0 spiro atoms. The normalized spacial score (nSPS) is 20.6. The van der Waals surface area contributed by atoms with Crippen LogP contribution in [0.5, 0.6) is 0 Å². The molecule has 0 radical (unpaired) electrons. The van der Waals surface area contributed by atoms with E-state index in [2.05, 4.69) is 0 Å². The van der Waals surface area contributed by atoms with Gasteiger partial charge in [-0.05, 0) is 42.5 Å². The van der Waals surface area contributed by atoms with E-state index >= 15 is 0 Å². The summed E-state index contributed by atoms with van der Waals surface area (Å²) in [6.45, 7) is 0.565. The van der Waals surface area contributed by atoms with E-state index < -0.39 is 35.8 Å². The van der Waals surface area contributed by atoms with Crippen molar-refractivity contribution < 1.29 is 28.7 Å². The molecule has 1 aromatic heterocycles. The fourth-order valence-corrected chi connectivity index (χ4v) is 5.02. The monoisotopic (exact) mass is 459 g/mol. The lowest BCUT2D eigenvalue weighted by molar-refractivity contribution is -0.140. The van der Waals surface area contributed by atoms with Crippen LogP contribution in [0.25, 0.3) is 0 Å². The molecule has 4 amide bonds. The average Bonchev–Trinajstić information content (AvgIpc) is 3.41. The number of imide groups is 1. The third kappa shape index (κ3) is 4.22. The first-order valence-corrected chi connectivity index (χ1v) is 11.2. The number of benzene rings is 1. The Morgan fingerprint density at radius 2 is 1.97 bits per heavy atom. The number of thiophene rings is 1. The van der Waals surface area contributed by atoms with Crippen molar-refractivity contribution in [2.75, 3.05) is 11.4 Å². The molecule has 3 heterocycles. The lowest BCUT2D eigenvalue weighted by atomic mass is 10.0. The summed E-state index contributed by atoms with van der Waals surface area (Å²) in [5.74, 6) is -2.47. The van der Waals surface area contributed by atoms with E-state index in [4.69, 9.17) is 5.11 Å². The second kappa shape index (κ2) is 9.07. The Bertz CT molecular complexity index is 1040. The van der Waals surface area contributed by atoms with Gasteiger partial charge in [-0.3, -0.25) is 14.4 Å². The van der Waals surface area contributed by atoms with Crippen LogP contribution in [-0.2, 0) is 20.9 Å². The number of carbonyl (C=O) groups is 4. The first-order chi connectivity index (χ1) is 15.4. The van der Waals surface area contributed by atoms with E-state index in [0.29, 0.717) is 6.42 Å². The van der Waals surface area contributed by atoms with Crippen molar-refractivity contribution in [3.63, 3.8) is 0 Å². The molecule has 0 bridgehead atoms. The van der Waals surface area contributed by atoms with Crippen molar-refractivity contribution in [3.8, 4) is 0 Å². The van der Waals surface area contributed by atoms with Crippen molar-refractivity contribution in [2.45, 2.75) is 44.3 Å². The largest absolute Gasteiger partial charge is 0.481 e. The fraction of sp³-hybridized carbons (Fsp3) is 0.364. The van der Waals surface area contributed by atoms with Crippen LogP contribution in [0.4, 0.5) is 14.9 Å². The average molecular weight is 459 g/mol. The zero-order chi connectivity index (χ0) is 22.8. The molecule has 2 atom stereocenters. The highest BCUT2D eigenvalue weighted by atomic mass is 32.1. The molecule has 168 valence electrons. The Labute approximate surface area is 187 Å². The number of urea groups is 1. The summed E-state index contributed by atoms with van der Waals surface area (Å²) in [6.07, 6.45) is 0.471. The maximum Gasteiger partial charge on any atom is 0.332 e. The molecule has 1 N–H and O–H groups in total. The number of carboxylic acids is 1. The maximum absolute atomic E-state index is 13.9. The minimum absolute atomic E-state index is 0.00162. The quantitative estimate of drug-likeness (QED) is 0.686. The molecule has 2 aliphatic rings. The lowest BCUT2D eigenvalue weighted by Crippen LogP contribution is -2.65. The van der Waals surface area contributed by atoms with Gasteiger partial charge in [0.15, 0.2) is 0 Å². The molecule has 2 fully saturated rings. The number of halogens is 1. The van der Waals surface area contributed by atoms with E-state index in [0.717, 1.165) is 15.8 Å². The molecule has 8 nitrogen and oxygen atoms in total. The number of anilines is 1. The highest BCUT2D eigenvalue weighted by Crippen LogP contribution is 2.35. The number of amides is 4. The summed E-state index contributed by atoms with van der Waals surface area (Å²) in [5, 5.41) is 10.7. The van der Waals surface area contributed by atoms with Gasteiger partial charge in [-0.25, -0.2) is 14.1 Å². The van der Waals surface area contributed by atoms with Crippen LogP contribution in [0.3, 0.4) is 0 Å². The third-order valence-electron chi connectivity index (χ3n) is 5.75. The predicted molar refractivity (Wildman–Crippen MR) is 115 cm³/mol. The fourth-order valence-electron chi connectivity index (χ4n) is 4.32. The molecular weight excluding hydrogens is 437 g/mol. The Balaban J connectivity index is 1.65. The van der Waals surface area contributed by atoms with E-state index in [1.807, 2.05) is 17.5 Å². The summed E-state index contributed by atoms with van der Waals surface area (Å²) < 4.78 is 13.9. The van der Waals surface area contributed by atoms with Crippen LogP contribution in [-0.4, -0.2) is 57.3 Å². The Morgan fingerprint density at radius 1 is 1.16 bits per heavy atom. The van der Waals surface area contributed by atoms with Crippen LogP contribution >= 0.6 is 11.3 Å². The van der Waals surface area contributed by atoms with E-state index in [1.165, 1.54) is 34.4 Å². The number of carboxylic acid groups (broad SMARTS) is 1. The zero-order valence-corrected chi connectivity index (χ0v) is 18.0. The van der Waals surface area contributed by atoms with E-state index in [9.17, 15) is 23.6 Å². The van der Waals surface area contributed by atoms with Gasteiger partial charge in [0, 0.05) is 24.3 Å². The summed E-state index contributed by atoms with van der Waals surface area (Å²) >= 11 is 1.48. The smallest absolute Gasteiger partial charge is 0.332 e. The van der Waals surface area contributed by atoms with Crippen molar-refractivity contribution in [2.24, 2.45) is 0 Å². The van der Waals surface area contributed by atoms with Crippen LogP contribution < -0.4 is 4.90 Å². The summed E-state index contributed by atoms with van der Waals surface area (Å²) in [7, 11) is 0. The van der Waals surface area contributed by atoms with E-state index in [-0.39, 0.29) is 43.9 Å². The Morgan fingerprint density at radius 3 is 2.66 bits per heavy atom. The van der Waals surface area contributed by atoms with Gasteiger partial charge in [0.1, 0.15) is 11.9 Å². The standard InChI is InChI=1S/C22H22FN3O5S/c23-14-4-1-5-15(12-14)26-21(30)20-17(25(22(26)31)13-16-6-3-11-32-16)9-10-24(20)18(27)7-2-8-19(28)29/h1,3-6,11-12,17,20H,2,7-10,13H2,(H,28,29). The van der Waals surface area contributed by atoms with Gasteiger partial charge in [-0.15, -0.1) is 11.3 Å². The first kappa shape index (κ1) is 21.9. The number of likely N-dealkylation sites (tertiary alicyclic amines) is 1. The van der Waals surface area contributed by atoms with Crippen molar-refractivity contribution in [1.29, 1.82) is 0 Å². The van der Waals surface area contributed by atoms with E-state index in [1.54, 1.807) is 4.90 Å². The molecule has 2 unspecified atom stereocenters. The molecule has 10 heteroatoms. The molecular formula is C22H22FN3O5S. The van der Waals surface area contributed by atoms with Crippen LogP contribution in [0, 0.1) is 5.82 Å². The minimum Gasteiger partial charge on any atom is -0.481 e. The van der Waals surface area contributed by atoms with Gasteiger partial charge < -0.3 is 14.9 Å². The van der Waals surface area contributed by atoms with Gasteiger partial charge in [-0.1, -0.05) is 12.1 Å². The van der Waals surface area contributed by atoms with Gasteiger partial charge in [0.05, 0.1) is 18.3 Å². The Kier molecular flexibility index (Phi) is 6.22. The number of aliphatic carboxylic acids is 1. The van der Waals surface area contributed by atoms with Gasteiger partial charge >= 0.3 is 12.0 Å². The highest BCUT2D eigenvalue weighted by Gasteiger charge is 2.53.